The van der Waals surface area contributed by atoms with E-state index >= 15 is 0 Å². The maximum absolute atomic E-state index is 5.46. The maximum atomic E-state index is 5.46. The van der Waals surface area contributed by atoms with Crippen molar-refractivity contribution in [3.63, 3.8) is 0 Å². The highest BCUT2D eigenvalue weighted by Gasteiger charge is 2.19. The van der Waals surface area contributed by atoms with Crippen LogP contribution < -0.4 is 5.32 Å². The Balaban J connectivity index is 2.33. The molecule has 0 aromatic carbocycles. The summed E-state index contributed by atoms with van der Waals surface area (Å²) in [6.45, 7) is 13.7. The number of hydrogen-bond donors (Lipinski definition) is 1. The third-order valence-corrected chi connectivity index (χ3v) is 3.85. The number of unbranched alkanes of at least 4 members (excludes halogenated alkanes) is 1. The fraction of sp³-hybridized carbons (Fsp3) is 0.941. The number of guanidine groups is 1. The Labute approximate surface area is 131 Å². The molecule has 4 heteroatoms. The largest absolute Gasteiger partial charge is 0.381 e. The molecule has 1 heterocycles. The van der Waals surface area contributed by atoms with E-state index in [0.717, 1.165) is 38.8 Å². The van der Waals surface area contributed by atoms with Gasteiger partial charge in [0.15, 0.2) is 5.96 Å². The first-order chi connectivity index (χ1) is 9.92. The Bertz CT molecular complexity index is 304. The minimum absolute atomic E-state index is 0.438. The van der Waals surface area contributed by atoms with Crippen molar-refractivity contribution in [2.75, 3.05) is 39.9 Å². The molecule has 4 nitrogen and oxygen atoms in total. The van der Waals surface area contributed by atoms with Gasteiger partial charge in [-0.05, 0) is 31.6 Å². The second-order valence-electron chi connectivity index (χ2n) is 7.36. The first-order valence-electron chi connectivity index (χ1n) is 8.49. The topological polar surface area (TPSA) is 36.9 Å². The smallest absolute Gasteiger partial charge is 0.193 e. The predicted octanol–water partition coefficient (Wildman–Crippen LogP) is 3.14. The third kappa shape index (κ3) is 8.30. The molecule has 0 aromatic rings. The van der Waals surface area contributed by atoms with Crippen LogP contribution in [0.1, 0.15) is 53.4 Å². The zero-order valence-electron chi connectivity index (χ0n) is 14.7. The van der Waals surface area contributed by atoms with Gasteiger partial charge in [0.2, 0.25) is 0 Å². The van der Waals surface area contributed by atoms with Crippen molar-refractivity contribution in [3.8, 4) is 0 Å². The molecule has 1 atom stereocenters. The van der Waals surface area contributed by atoms with Crippen molar-refractivity contribution in [1.29, 1.82) is 0 Å². The molecule has 0 saturated carbocycles. The van der Waals surface area contributed by atoms with E-state index in [1.165, 1.54) is 25.7 Å². The zero-order chi connectivity index (χ0) is 15.7. The van der Waals surface area contributed by atoms with Crippen molar-refractivity contribution in [2.45, 2.75) is 53.4 Å². The molecule has 0 spiro atoms. The van der Waals surface area contributed by atoms with E-state index in [-0.39, 0.29) is 0 Å². The molecule has 1 saturated heterocycles. The van der Waals surface area contributed by atoms with Crippen LogP contribution >= 0.6 is 0 Å². The third-order valence-electron chi connectivity index (χ3n) is 3.85. The summed E-state index contributed by atoms with van der Waals surface area (Å²) in [7, 11) is 2.13. The number of rotatable bonds is 7. The molecule has 21 heavy (non-hydrogen) atoms. The van der Waals surface area contributed by atoms with E-state index in [2.05, 4.69) is 45.0 Å². The Kier molecular flexibility index (Phi) is 8.09. The molecule has 1 aliphatic rings. The zero-order valence-corrected chi connectivity index (χ0v) is 14.7. The summed E-state index contributed by atoms with van der Waals surface area (Å²) in [4.78, 5) is 7.02. The van der Waals surface area contributed by atoms with E-state index in [4.69, 9.17) is 9.73 Å². The lowest BCUT2D eigenvalue weighted by Crippen LogP contribution is -2.41. The molecular weight excluding hydrogens is 262 g/mol. The van der Waals surface area contributed by atoms with Gasteiger partial charge in [-0.1, -0.05) is 27.2 Å². The molecule has 0 radical (unpaired) electrons. The average molecular weight is 297 g/mol. The number of aliphatic imine (C=N–C) groups is 1. The monoisotopic (exact) mass is 297 g/mol. The molecule has 1 unspecified atom stereocenters. The highest BCUT2D eigenvalue weighted by atomic mass is 16.5. The Morgan fingerprint density at radius 1 is 1.33 bits per heavy atom. The molecule has 0 aliphatic carbocycles. The first kappa shape index (κ1) is 18.3. The molecule has 1 aliphatic heterocycles. The van der Waals surface area contributed by atoms with Crippen molar-refractivity contribution < 1.29 is 4.74 Å². The minimum Gasteiger partial charge on any atom is -0.381 e. The number of ether oxygens (including phenoxy) is 1. The van der Waals surface area contributed by atoms with Gasteiger partial charge < -0.3 is 15.0 Å². The van der Waals surface area contributed by atoms with Crippen LogP contribution in [-0.4, -0.2) is 50.8 Å². The van der Waals surface area contributed by atoms with Gasteiger partial charge >= 0.3 is 0 Å². The highest BCUT2D eigenvalue weighted by molar-refractivity contribution is 5.79. The Morgan fingerprint density at radius 2 is 2.10 bits per heavy atom. The van der Waals surface area contributed by atoms with Gasteiger partial charge in [0.1, 0.15) is 0 Å². The quantitative estimate of drug-likeness (QED) is 0.445. The predicted molar refractivity (Wildman–Crippen MR) is 90.8 cm³/mol. The normalized spacial score (nSPS) is 19.9. The number of nitrogens with one attached hydrogen (secondary N) is 1. The number of nitrogens with zero attached hydrogens (tertiary/aromatic N) is 2. The average Bonchev–Trinajstić information content (AvgIpc) is 2.88. The molecule has 0 bridgehead atoms. The lowest BCUT2D eigenvalue weighted by atomic mass is 9.90. The standard InChI is InChI=1S/C17H35N3O/c1-6-18-16(19-11-8-7-10-17(2,3)4)20(5)13-15-9-12-21-14-15/h15H,6-14H2,1-5H3,(H,18,19). The molecule has 124 valence electrons. The van der Waals surface area contributed by atoms with Crippen molar-refractivity contribution in [3.05, 3.63) is 0 Å². The van der Waals surface area contributed by atoms with Gasteiger partial charge in [-0.3, -0.25) is 4.99 Å². The summed E-state index contributed by atoms with van der Waals surface area (Å²) in [5.74, 6) is 1.69. The fourth-order valence-electron chi connectivity index (χ4n) is 2.62. The van der Waals surface area contributed by atoms with Crippen molar-refractivity contribution >= 4 is 5.96 Å². The van der Waals surface area contributed by atoms with Crippen LogP contribution in [0.25, 0.3) is 0 Å². The summed E-state index contributed by atoms with van der Waals surface area (Å²) in [5, 5.41) is 3.40. The summed E-state index contributed by atoms with van der Waals surface area (Å²) in [6, 6.07) is 0. The summed E-state index contributed by atoms with van der Waals surface area (Å²) < 4.78 is 5.46. The Morgan fingerprint density at radius 3 is 2.67 bits per heavy atom. The lowest BCUT2D eigenvalue weighted by Gasteiger charge is -2.24. The van der Waals surface area contributed by atoms with E-state index in [9.17, 15) is 0 Å². The SMILES string of the molecule is CCNC(=NCCCCC(C)(C)C)N(C)CC1CCOC1. The Hall–Kier alpha value is -0.770. The van der Waals surface area contributed by atoms with Gasteiger partial charge in [-0.15, -0.1) is 0 Å². The molecule has 1 N–H and O–H groups in total. The molecule has 1 fully saturated rings. The first-order valence-corrected chi connectivity index (χ1v) is 8.49. The minimum atomic E-state index is 0.438. The molecular formula is C17H35N3O. The van der Waals surface area contributed by atoms with Gasteiger partial charge in [-0.2, -0.15) is 0 Å². The maximum Gasteiger partial charge on any atom is 0.193 e. The van der Waals surface area contributed by atoms with E-state index in [1.807, 2.05) is 0 Å². The van der Waals surface area contributed by atoms with Crippen LogP contribution in [0.5, 0.6) is 0 Å². The highest BCUT2D eigenvalue weighted by Crippen LogP contribution is 2.21. The van der Waals surface area contributed by atoms with E-state index in [1.54, 1.807) is 0 Å². The van der Waals surface area contributed by atoms with Gasteiger partial charge in [0.05, 0.1) is 6.61 Å². The van der Waals surface area contributed by atoms with Crippen molar-refractivity contribution in [2.24, 2.45) is 16.3 Å². The summed E-state index contributed by atoms with van der Waals surface area (Å²) in [5.41, 5.74) is 0.438. The summed E-state index contributed by atoms with van der Waals surface area (Å²) >= 11 is 0. The van der Waals surface area contributed by atoms with Crippen LogP contribution in [0, 0.1) is 11.3 Å². The van der Waals surface area contributed by atoms with Crippen LogP contribution in [0.3, 0.4) is 0 Å². The van der Waals surface area contributed by atoms with E-state index in [0.29, 0.717) is 11.3 Å². The van der Waals surface area contributed by atoms with Crippen LogP contribution in [0.4, 0.5) is 0 Å². The second-order valence-corrected chi connectivity index (χ2v) is 7.36. The van der Waals surface area contributed by atoms with Crippen LogP contribution in [0.2, 0.25) is 0 Å². The van der Waals surface area contributed by atoms with Gasteiger partial charge in [-0.25, -0.2) is 0 Å². The molecule has 1 rings (SSSR count). The van der Waals surface area contributed by atoms with E-state index < -0.39 is 0 Å². The number of hydrogen-bond acceptors (Lipinski definition) is 2. The summed E-state index contributed by atoms with van der Waals surface area (Å²) in [6.07, 6.45) is 4.88. The second kappa shape index (κ2) is 9.29. The lowest BCUT2D eigenvalue weighted by molar-refractivity contribution is 0.181. The van der Waals surface area contributed by atoms with Crippen LogP contribution in [0.15, 0.2) is 4.99 Å². The molecule has 0 amide bonds. The molecule has 0 aromatic heterocycles. The van der Waals surface area contributed by atoms with Crippen LogP contribution in [-0.2, 0) is 4.74 Å². The van der Waals surface area contributed by atoms with Gasteiger partial charge in [0.25, 0.3) is 0 Å². The van der Waals surface area contributed by atoms with Gasteiger partial charge in [0, 0.05) is 39.2 Å². The fourth-order valence-corrected chi connectivity index (χ4v) is 2.62. The van der Waals surface area contributed by atoms with Crippen molar-refractivity contribution in [1.82, 2.24) is 10.2 Å².